The molecule has 0 unspecified atom stereocenters. The molecular weight excluding hydrogens is 492 g/mol. The summed E-state index contributed by atoms with van der Waals surface area (Å²) < 4.78 is 9.72. The number of aromatic nitrogens is 5. The highest BCUT2D eigenvalue weighted by atomic mass is 16.5. The first-order chi connectivity index (χ1) is 18.8. The number of carbonyl (C=O) groups is 1. The zero-order valence-electron chi connectivity index (χ0n) is 23.4. The quantitative estimate of drug-likeness (QED) is 0.521. The van der Waals surface area contributed by atoms with Crippen LogP contribution in [0.15, 0.2) is 12.3 Å². The predicted octanol–water partition coefficient (Wildman–Crippen LogP) is 2.54. The number of pyridine rings is 1. The van der Waals surface area contributed by atoms with E-state index in [9.17, 15) is 4.79 Å². The average molecular weight is 533 g/mol. The van der Waals surface area contributed by atoms with Gasteiger partial charge < -0.3 is 20.3 Å². The molecule has 3 aromatic rings. The molecule has 4 fully saturated rings. The Balaban J connectivity index is 1.05. The lowest BCUT2D eigenvalue weighted by molar-refractivity contribution is -0.130. The van der Waals surface area contributed by atoms with E-state index in [0.717, 1.165) is 93.5 Å². The van der Waals surface area contributed by atoms with Gasteiger partial charge in [-0.05, 0) is 63.9 Å². The van der Waals surface area contributed by atoms with Gasteiger partial charge in [-0.25, -0.2) is 4.98 Å². The summed E-state index contributed by atoms with van der Waals surface area (Å²) in [5.74, 6) is 0.110. The number of nitrogens with one attached hydrogen (secondary N) is 2. The summed E-state index contributed by atoms with van der Waals surface area (Å²) >= 11 is 0. The molecule has 1 saturated heterocycles. The van der Waals surface area contributed by atoms with Crippen molar-refractivity contribution in [2.75, 3.05) is 31.2 Å². The standard InChI is InChI=1S/C29H40N8O2/c1-19-14-25(21-15-31-35(3)26(21)32-19)36-12-4-24-22(16-36)20(2)34-37(24)18-28-5-8-29(9-6-28,10-7-28)33-27(38)23-17-39-13-11-30-23/h14-15,23,30H,4-13,16-18H2,1-3H3,(H,33,38)/t23-,28?,29?/m0/s1. The summed E-state index contributed by atoms with van der Waals surface area (Å²) in [7, 11) is 1.96. The maximum Gasteiger partial charge on any atom is 0.239 e. The van der Waals surface area contributed by atoms with Crippen LogP contribution in [0, 0.1) is 19.3 Å². The molecule has 10 heteroatoms. The van der Waals surface area contributed by atoms with Crippen LogP contribution >= 0.6 is 0 Å². The van der Waals surface area contributed by atoms with Gasteiger partial charge >= 0.3 is 0 Å². The fourth-order valence-corrected chi connectivity index (χ4v) is 7.57. The smallest absolute Gasteiger partial charge is 0.239 e. The van der Waals surface area contributed by atoms with Crippen LogP contribution in [0.3, 0.4) is 0 Å². The zero-order chi connectivity index (χ0) is 26.8. The number of anilines is 1. The van der Waals surface area contributed by atoms with Gasteiger partial charge in [0.05, 0.1) is 36.2 Å². The molecule has 2 N–H and O–H groups in total. The van der Waals surface area contributed by atoms with Gasteiger partial charge in [-0.3, -0.25) is 14.2 Å². The van der Waals surface area contributed by atoms with E-state index in [1.807, 2.05) is 17.9 Å². The molecular formula is C29H40N8O2. The molecule has 5 aliphatic rings. The molecule has 3 saturated carbocycles. The van der Waals surface area contributed by atoms with Gasteiger partial charge in [0, 0.05) is 62.1 Å². The third-order valence-electron chi connectivity index (χ3n) is 10.0. The Kier molecular flexibility index (Phi) is 5.97. The van der Waals surface area contributed by atoms with Crippen molar-refractivity contribution in [3.05, 3.63) is 34.9 Å². The van der Waals surface area contributed by atoms with Crippen molar-refractivity contribution >= 4 is 22.6 Å². The van der Waals surface area contributed by atoms with E-state index in [1.165, 1.54) is 16.9 Å². The first-order valence-electron chi connectivity index (χ1n) is 14.6. The number of rotatable bonds is 5. The number of hydrogen-bond donors (Lipinski definition) is 2. The SMILES string of the molecule is Cc1cc(N2CCc3c(c(C)nn3CC34CCC(NC(=O)[C@@H]5COCCN5)(CC3)CC4)C2)c2cnn(C)c2n1. The van der Waals surface area contributed by atoms with Crippen molar-refractivity contribution < 1.29 is 9.53 Å². The molecule has 2 aliphatic heterocycles. The van der Waals surface area contributed by atoms with Crippen LogP contribution in [-0.2, 0) is 36.1 Å². The summed E-state index contributed by atoms with van der Waals surface area (Å²) in [6.07, 6.45) is 9.56. The van der Waals surface area contributed by atoms with Crippen LogP contribution in [0.1, 0.15) is 61.2 Å². The number of morpholine rings is 1. The lowest BCUT2D eigenvalue weighted by atomic mass is 9.57. The molecule has 0 aromatic carbocycles. The van der Waals surface area contributed by atoms with Gasteiger partial charge in [-0.1, -0.05) is 0 Å². The fraction of sp³-hybridized carbons (Fsp3) is 0.655. The molecule has 5 heterocycles. The van der Waals surface area contributed by atoms with E-state index in [4.69, 9.17) is 14.8 Å². The molecule has 1 atom stereocenters. The Morgan fingerprint density at radius 2 is 2.00 bits per heavy atom. The Hall–Kier alpha value is -2.98. The fourth-order valence-electron chi connectivity index (χ4n) is 7.57. The lowest BCUT2D eigenvalue weighted by Crippen LogP contribution is -2.62. The Bertz CT molecular complexity index is 1390. The number of nitrogens with zero attached hydrogens (tertiary/aromatic N) is 6. The number of carbonyl (C=O) groups excluding carboxylic acids is 1. The van der Waals surface area contributed by atoms with E-state index in [0.29, 0.717) is 13.2 Å². The summed E-state index contributed by atoms with van der Waals surface area (Å²) in [5, 5.41) is 17.4. The molecule has 1 amide bonds. The summed E-state index contributed by atoms with van der Waals surface area (Å²) in [6.45, 7) is 8.96. The van der Waals surface area contributed by atoms with Crippen LogP contribution in [0.2, 0.25) is 0 Å². The molecule has 3 aromatic heterocycles. The maximum absolute atomic E-state index is 12.9. The first-order valence-corrected chi connectivity index (χ1v) is 14.6. The van der Waals surface area contributed by atoms with E-state index in [1.54, 1.807) is 0 Å². The number of amides is 1. The van der Waals surface area contributed by atoms with Gasteiger partial charge in [0.25, 0.3) is 0 Å². The molecule has 8 rings (SSSR count). The number of ether oxygens (including phenoxy) is 1. The monoisotopic (exact) mass is 532 g/mol. The molecule has 208 valence electrons. The van der Waals surface area contributed by atoms with Gasteiger partial charge in [-0.2, -0.15) is 10.2 Å². The topological polar surface area (TPSA) is 102 Å². The van der Waals surface area contributed by atoms with Crippen molar-refractivity contribution in [3.8, 4) is 0 Å². The van der Waals surface area contributed by atoms with Crippen LogP contribution in [0.25, 0.3) is 11.0 Å². The Morgan fingerprint density at radius 3 is 2.74 bits per heavy atom. The number of fused-ring (bicyclic) bond motifs is 5. The second kappa shape index (κ2) is 9.30. The van der Waals surface area contributed by atoms with Crippen molar-refractivity contribution in [3.63, 3.8) is 0 Å². The van der Waals surface area contributed by atoms with E-state index >= 15 is 0 Å². The molecule has 39 heavy (non-hydrogen) atoms. The molecule has 2 bridgehead atoms. The third kappa shape index (κ3) is 4.32. The van der Waals surface area contributed by atoms with Crippen LogP contribution in [0.4, 0.5) is 5.69 Å². The van der Waals surface area contributed by atoms with Gasteiger partial charge in [0.2, 0.25) is 5.91 Å². The second-order valence-corrected chi connectivity index (χ2v) is 12.5. The minimum absolute atomic E-state index is 0.0434. The second-order valence-electron chi connectivity index (χ2n) is 12.5. The molecule has 0 radical (unpaired) electrons. The van der Waals surface area contributed by atoms with Gasteiger partial charge in [-0.15, -0.1) is 0 Å². The molecule has 3 aliphatic carbocycles. The number of aryl methyl sites for hydroxylation is 3. The summed E-state index contributed by atoms with van der Waals surface area (Å²) in [6, 6.07) is 1.98. The van der Waals surface area contributed by atoms with Crippen molar-refractivity contribution in [1.29, 1.82) is 0 Å². The van der Waals surface area contributed by atoms with E-state index < -0.39 is 0 Å². The Labute approximate surface area is 229 Å². The minimum Gasteiger partial charge on any atom is -0.378 e. The zero-order valence-corrected chi connectivity index (χ0v) is 23.4. The van der Waals surface area contributed by atoms with Gasteiger partial charge in [0.1, 0.15) is 6.04 Å². The van der Waals surface area contributed by atoms with Crippen molar-refractivity contribution in [2.45, 2.75) is 83.5 Å². The van der Waals surface area contributed by atoms with Crippen molar-refractivity contribution in [1.82, 2.24) is 35.2 Å². The highest BCUT2D eigenvalue weighted by Crippen LogP contribution is 2.53. The van der Waals surface area contributed by atoms with Gasteiger partial charge in [0.15, 0.2) is 5.65 Å². The largest absolute Gasteiger partial charge is 0.378 e. The van der Waals surface area contributed by atoms with E-state index in [2.05, 4.69) is 45.2 Å². The molecule has 0 spiro atoms. The highest BCUT2D eigenvalue weighted by molar-refractivity contribution is 5.89. The highest BCUT2D eigenvalue weighted by Gasteiger charge is 2.50. The first kappa shape index (κ1) is 25.0. The summed E-state index contributed by atoms with van der Waals surface area (Å²) in [5.41, 5.74) is 7.34. The predicted molar refractivity (Wildman–Crippen MR) is 149 cm³/mol. The van der Waals surface area contributed by atoms with Crippen LogP contribution in [-0.4, -0.2) is 68.3 Å². The van der Waals surface area contributed by atoms with E-state index in [-0.39, 0.29) is 22.9 Å². The van der Waals surface area contributed by atoms with Crippen molar-refractivity contribution in [2.24, 2.45) is 12.5 Å². The molecule has 10 nitrogen and oxygen atoms in total. The minimum atomic E-state index is -0.217. The van der Waals surface area contributed by atoms with Crippen LogP contribution < -0.4 is 15.5 Å². The average Bonchev–Trinajstić information content (AvgIpc) is 3.48. The lowest BCUT2D eigenvalue weighted by Gasteiger charge is -2.54. The third-order valence-corrected chi connectivity index (χ3v) is 10.0. The normalized spacial score (nSPS) is 28.6. The Morgan fingerprint density at radius 1 is 1.21 bits per heavy atom. The van der Waals surface area contributed by atoms with Crippen LogP contribution in [0.5, 0.6) is 0 Å². The maximum atomic E-state index is 12.9. The number of hydrogen-bond acceptors (Lipinski definition) is 7. The summed E-state index contributed by atoms with van der Waals surface area (Å²) in [4.78, 5) is 20.1.